The quantitative estimate of drug-likeness (QED) is 0.662. The maximum atomic E-state index is 6.30. The molecule has 0 aromatic rings. The molecule has 86 valence electrons. The third-order valence-corrected chi connectivity index (χ3v) is 4.61. The van der Waals surface area contributed by atoms with Crippen LogP contribution < -0.4 is 5.32 Å². The Balaban J connectivity index is 1.64. The van der Waals surface area contributed by atoms with E-state index < -0.39 is 0 Å². The molecule has 1 atom stereocenters. The highest BCUT2D eigenvalue weighted by Crippen LogP contribution is 2.47. The van der Waals surface area contributed by atoms with Crippen molar-refractivity contribution < 1.29 is 4.74 Å². The van der Waals surface area contributed by atoms with Crippen LogP contribution in [0.5, 0.6) is 0 Å². The van der Waals surface area contributed by atoms with Gasteiger partial charge in [0.05, 0.1) is 0 Å². The highest BCUT2D eigenvalue weighted by molar-refractivity contribution is 5.33. The summed E-state index contributed by atoms with van der Waals surface area (Å²) < 4.78 is 6.30. The number of piperidine rings is 3. The molecule has 1 N–H and O–H groups in total. The van der Waals surface area contributed by atoms with Crippen molar-refractivity contribution >= 4 is 0 Å². The van der Waals surface area contributed by atoms with Gasteiger partial charge in [0, 0.05) is 31.0 Å². The molecule has 1 spiro atoms. The molecule has 5 rings (SSSR count). The second-order valence-corrected chi connectivity index (χ2v) is 5.53. The van der Waals surface area contributed by atoms with Gasteiger partial charge in [0.25, 0.3) is 0 Å². The lowest BCUT2D eigenvalue weighted by atomic mass is 9.73. The number of hydrogen-bond donors (Lipinski definition) is 1. The molecule has 16 heavy (non-hydrogen) atoms. The van der Waals surface area contributed by atoms with Crippen molar-refractivity contribution in [3.8, 4) is 0 Å². The van der Waals surface area contributed by atoms with Crippen molar-refractivity contribution in [2.24, 2.45) is 5.92 Å². The highest BCUT2D eigenvalue weighted by Gasteiger charge is 2.52. The number of allylic oxidation sites excluding steroid dienone is 1. The Kier molecular flexibility index (Phi) is 1.73. The van der Waals surface area contributed by atoms with Gasteiger partial charge in [-0.2, -0.15) is 0 Å². The SMILES string of the molecule is C1=CC2=C(NC1)O[C@@]1(C2)CN2CCC1CC2. The minimum absolute atomic E-state index is 0.114. The molecule has 5 heterocycles. The van der Waals surface area contributed by atoms with Crippen molar-refractivity contribution in [1.82, 2.24) is 10.2 Å². The molecule has 3 nitrogen and oxygen atoms in total. The molecule has 0 aliphatic carbocycles. The Morgan fingerprint density at radius 1 is 1.38 bits per heavy atom. The summed E-state index contributed by atoms with van der Waals surface area (Å²) in [4.78, 5) is 2.57. The Bertz CT molecular complexity index is 379. The lowest BCUT2D eigenvalue weighted by molar-refractivity contribution is -0.116. The molecule has 5 aliphatic rings. The zero-order chi connectivity index (χ0) is 10.6. The minimum Gasteiger partial charge on any atom is -0.470 e. The molecule has 0 unspecified atom stereocenters. The lowest BCUT2D eigenvalue weighted by Crippen LogP contribution is -2.59. The van der Waals surface area contributed by atoms with Crippen LogP contribution in [0, 0.1) is 5.92 Å². The Morgan fingerprint density at radius 3 is 2.94 bits per heavy atom. The largest absolute Gasteiger partial charge is 0.470 e. The molecular formula is C13H18N2O. The second-order valence-electron chi connectivity index (χ2n) is 5.53. The van der Waals surface area contributed by atoms with E-state index in [9.17, 15) is 0 Å². The van der Waals surface area contributed by atoms with Crippen LogP contribution in [-0.2, 0) is 4.74 Å². The van der Waals surface area contributed by atoms with Crippen LogP contribution >= 0.6 is 0 Å². The normalized spacial score (nSPS) is 44.5. The summed E-state index contributed by atoms with van der Waals surface area (Å²) in [5.74, 6) is 1.84. The Labute approximate surface area is 96.1 Å². The minimum atomic E-state index is 0.114. The first-order valence-electron chi connectivity index (χ1n) is 6.41. The van der Waals surface area contributed by atoms with Gasteiger partial charge in [-0.15, -0.1) is 0 Å². The summed E-state index contributed by atoms with van der Waals surface area (Å²) in [6.45, 7) is 4.62. The van der Waals surface area contributed by atoms with E-state index in [-0.39, 0.29) is 5.60 Å². The molecule has 3 fully saturated rings. The first kappa shape index (κ1) is 9.11. The van der Waals surface area contributed by atoms with Crippen LogP contribution in [-0.4, -0.2) is 36.7 Å². The van der Waals surface area contributed by atoms with Crippen molar-refractivity contribution in [3.05, 3.63) is 23.6 Å². The van der Waals surface area contributed by atoms with Crippen molar-refractivity contribution in [2.45, 2.75) is 24.9 Å². The zero-order valence-corrected chi connectivity index (χ0v) is 9.54. The van der Waals surface area contributed by atoms with Crippen LogP contribution in [0.4, 0.5) is 0 Å². The number of hydrogen-bond acceptors (Lipinski definition) is 3. The van der Waals surface area contributed by atoms with Gasteiger partial charge in [-0.3, -0.25) is 4.90 Å². The number of dihydropyridines is 1. The van der Waals surface area contributed by atoms with Crippen molar-refractivity contribution in [3.63, 3.8) is 0 Å². The number of rotatable bonds is 0. The van der Waals surface area contributed by atoms with Gasteiger partial charge < -0.3 is 10.1 Å². The Hall–Kier alpha value is -0.960. The van der Waals surface area contributed by atoms with Crippen LogP contribution in [0.2, 0.25) is 0 Å². The predicted molar refractivity (Wildman–Crippen MR) is 61.8 cm³/mol. The molecule has 5 aliphatic heterocycles. The molecule has 0 saturated carbocycles. The van der Waals surface area contributed by atoms with E-state index in [0.29, 0.717) is 0 Å². The van der Waals surface area contributed by atoms with Gasteiger partial charge in [0.1, 0.15) is 5.60 Å². The van der Waals surface area contributed by atoms with Crippen molar-refractivity contribution in [2.75, 3.05) is 26.2 Å². The number of nitrogens with zero attached hydrogens (tertiary/aromatic N) is 1. The topological polar surface area (TPSA) is 24.5 Å². The third kappa shape index (κ3) is 1.12. The molecule has 3 saturated heterocycles. The van der Waals surface area contributed by atoms with Gasteiger partial charge in [-0.1, -0.05) is 12.2 Å². The van der Waals surface area contributed by atoms with Crippen LogP contribution in [0.15, 0.2) is 23.6 Å². The predicted octanol–water partition coefficient (Wildman–Crippen LogP) is 1.24. The maximum Gasteiger partial charge on any atom is 0.190 e. The van der Waals surface area contributed by atoms with Gasteiger partial charge in [-0.05, 0) is 25.9 Å². The number of nitrogens with one attached hydrogen (secondary N) is 1. The van der Waals surface area contributed by atoms with Gasteiger partial charge in [0.15, 0.2) is 5.88 Å². The molecule has 0 aromatic heterocycles. The number of fused-ring (bicyclic) bond motifs is 2. The lowest BCUT2D eigenvalue weighted by Gasteiger charge is -2.50. The fourth-order valence-corrected chi connectivity index (χ4v) is 3.79. The average molecular weight is 218 g/mol. The fourth-order valence-electron chi connectivity index (χ4n) is 3.79. The highest BCUT2D eigenvalue weighted by atomic mass is 16.5. The summed E-state index contributed by atoms with van der Waals surface area (Å²) in [6.07, 6.45) is 8.21. The van der Waals surface area contributed by atoms with Crippen LogP contribution in [0.1, 0.15) is 19.3 Å². The van der Waals surface area contributed by atoms with Crippen LogP contribution in [0.25, 0.3) is 0 Å². The van der Waals surface area contributed by atoms with Crippen LogP contribution in [0.3, 0.4) is 0 Å². The molecule has 0 aromatic carbocycles. The Morgan fingerprint density at radius 2 is 2.25 bits per heavy atom. The standard InChI is InChI=1S/C13H18N2O/c1-2-10-8-13(16-12(10)14-5-1)9-15-6-3-11(13)4-7-15/h1-2,11,14H,3-9H2/t13-/m0/s1. The first-order valence-corrected chi connectivity index (χ1v) is 6.41. The van der Waals surface area contributed by atoms with Crippen molar-refractivity contribution in [1.29, 1.82) is 0 Å². The van der Waals surface area contributed by atoms with E-state index in [0.717, 1.165) is 31.3 Å². The summed E-state index contributed by atoms with van der Waals surface area (Å²) in [6, 6.07) is 0. The summed E-state index contributed by atoms with van der Waals surface area (Å²) in [5, 5.41) is 3.36. The molecule has 0 amide bonds. The van der Waals surface area contributed by atoms with Gasteiger partial charge >= 0.3 is 0 Å². The molecule has 3 heteroatoms. The van der Waals surface area contributed by atoms with E-state index in [1.807, 2.05) is 0 Å². The van der Waals surface area contributed by atoms with E-state index in [4.69, 9.17) is 4.74 Å². The number of ether oxygens (including phenoxy) is 1. The molecular weight excluding hydrogens is 200 g/mol. The monoisotopic (exact) mass is 218 g/mol. The molecule has 0 radical (unpaired) electrons. The second kappa shape index (κ2) is 3.04. The van der Waals surface area contributed by atoms with E-state index in [1.54, 1.807) is 0 Å². The zero-order valence-electron chi connectivity index (χ0n) is 9.54. The van der Waals surface area contributed by atoms with E-state index in [1.165, 1.54) is 31.5 Å². The first-order chi connectivity index (χ1) is 7.86. The average Bonchev–Trinajstić information content (AvgIpc) is 2.68. The van der Waals surface area contributed by atoms with Gasteiger partial charge in [0.2, 0.25) is 0 Å². The van der Waals surface area contributed by atoms with E-state index >= 15 is 0 Å². The fraction of sp³-hybridized carbons (Fsp3) is 0.692. The summed E-state index contributed by atoms with van der Waals surface area (Å²) in [7, 11) is 0. The summed E-state index contributed by atoms with van der Waals surface area (Å²) in [5.41, 5.74) is 1.50. The van der Waals surface area contributed by atoms with Gasteiger partial charge in [-0.25, -0.2) is 0 Å². The maximum absolute atomic E-state index is 6.30. The van der Waals surface area contributed by atoms with E-state index in [2.05, 4.69) is 22.4 Å². The smallest absolute Gasteiger partial charge is 0.190 e. The third-order valence-electron chi connectivity index (χ3n) is 4.61. The summed E-state index contributed by atoms with van der Waals surface area (Å²) >= 11 is 0. The molecule has 2 bridgehead atoms.